The lowest BCUT2D eigenvalue weighted by Crippen LogP contribution is -2.14. The summed E-state index contributed by atoms with van der Waals surface area (Å²) in [5.74, 6) is -0.386. The number of carbonyl (C=O) groups is 1. The number of rotatable bonds is 3. The Kier molecular flexibility index (Phi) is 4.42. The first kappa shape index (κ1) is 14.6. The fraction of sp³-hybridized carbons (Fsp3) is 0.154. The first-order valence-corrected chi connectivity index (χ1v) is 6.50. The van der Waals surface area contributed by atoms with E-state index in [2.05, 4.69) is 15.5 Å². The molecule has 0 fully saturated rings. The number of halogens is 2. The number of amides is 1. The van der Waals surface area contributed by atoms with E-state index in [1.54, 1.807) is 6.07 Å². The van der Waals surface area contributed by atoms with Gasteiger partial charge in [0.05, 0.1) is 5.56 Å². The number of carbonyl (C=O) groups excluding carboxylic acids is 1. The molecule has 0 bridgehead atoms. The van der Waals surface area contributed by atoms with Crippen LogP contribution in [0.25, 0.3) is 0 Å². The van der Waals surface area contributed by atoms with Crippen LogP contribution in [-0.2, 0) is 0 Å². The molecular formula is C13H12Cl2N4O. The lowest BCUT2D eigenvalue weighted by atomic mass is 10.2. The van der Waals surface area contributed by atoms with Crippen LogP contribution < -0.4 is 10.2 Å². The van der Waals surface area contributed by atoms with E-state index in [9.17, 15) is 4.79 Å². The number of hydrogen-bond acceptors (Lipinski definition) is 4. The van der Waals surface area contributed by atoms with Gasteiger partial charge in [-0.05, 0) is 24.3 Å². The number of aromatic nitrogens is 2. The summed E-state index contributed by atoms with van der Waals surface area (Å²) >= 11 is 11.5. The molecule has 5 nitrogen and oxygen atoms in total. The van der Waals surface area contributed by atoms with E-state index in [1.165, 1.54) is 6.07 Å². The monoisotopic (exact) mass is 310 g/mol. The lowest BCUT2D eigenvalue weighted by Gasteiger charge is -2.14. The highest BCUT2D eigenvalue weighted by Crippen LogP contribution is 2.20. The van der Waals surface area contributed by atoms with Crippen LogP contribution in [0.2, 0.25) is 10.3 Å². The van der Waals surface area contributed by atoms with E-state index in [1.807, 2.05) is 37.2 Å². The van der Waals surface area contributed by atoms with Gasteiger partial charge in [-0.25, -0.2) is 0 Å². The molecule has 104 valence electrons. The van der Waals surface area contributed by atoms with Crippen molar-refractivity contribution in [1.82, 2.24) is 10.2 Å². The molecule has 0 unspecified atom stereocenters. The predicted octanol–water partition coefficient (Wildman–Crippen LogP) is 3.10. The third-order valence-corrected chi connectivity index (χ3v) is 3.05. The highest BCUT2D eigenvalue weighted by molar-refractivity contribution is 6.34. The first-order valence-electron chi connectivity index (χ1n) is 5.75. The quantitative estimate of drug-likeness (QED) is 0.946. The van der Waals surface area contributed by atoms with Crippen LogP contribution in [0.4, 0.5) is 11.4 Å². The topological polar surface area (TPSA) is 58.1 Å². The number of nitrogens with zero attached hydrogens (tertiary/aromatic N) is 3. The van der Waals surface area contributed by atoms with Crippen molar-refractivity contribution in [3.05, 3.63) is 46.2 Å². The van der Waals surface area contributed by atoms with Crippen LogP contribution in [0.1, 0.15) is 10.4 Å². The molecule has 2 rings (SSSR count). The smallest absolute Gasteiger partial charge is 0.258 e. The van der Waals surface area contributed by atoms with Crippen molar-refractivity contribution in [3.63, 3.8) is 0 Å². The summed E-state index contributed by atoms with van der Waals surface area (Å²) in [4.78, 5) is 14.1. The summed E-state index contributed by atoms with van der Waals surface area (Å²) in [6.45, 7) is 0. The van der Waals surface area contributed by atoms with E-state index in [4.69, 9.17) is 23.2 Å². The van der Waals surface area contributed by atoms with Crippen LogP contribution in [0.5, 0.6) is 0 Å². The predicted molar refractivity (Wildman–Crippen MR) is 80.8 cm³/mol. The molecule has 7 heteroatoms. The molecule has 0 spiro atoms. The second kappa shape index (κ2) is 6.07. The number of hydrogen-bond donors (Lipinski definition) is 1. The Labute approximate surface area is 126 Å². The highest BCUT2D eigenvalue weighted by Gasteiger charge is 2.13. The van der Waals surface area contributed by atoms with Gasteiger partial charge in [-0.1, -0.05) is 29.3 Å². The molecular weight excluding hydrogens is 299 g/mol. The second-order valence-corrected chi connectivity index (χ2v) is 5.02. The zero-order valence-corrected chi connectivity index (χ0v) is 12.4. The molecule has 1 heterocycles. The lowest BCUT2D eigenvalue weighted by molar-refractivity contribution is 0.102. The Hall–Kier alpha value is -1.85. The van der Waals surface area contributed by atoms with Crippen molar-refractivity contribution in [2.75, 3.05) is 24.3 Å². The largest absolute Gasteiger partial charge is 0.378 e. The van der Waals surface area contributed by atoms with Crippen molar-refractivity contribution >= 4 is 40.5 Å². The third kappa shape index (κ3) is 3.37. The van der Waals surface area contributed by atoms with E-state index < -0.39 is 0 Å². The Bertz CT molecular complexity index is 646. The fourth-order valence-electron chi connectivity index (χ4n) is 1.57. The fourth-order valence-corrected chi connectivity index (χ4v) is 1.90. The van der Waals surface area contributed by atoms with Crippen LogP contribution in [0, 0.1) is 0 Å². The summed E-state index contributed by atoms with van der Waals surface area (Å²) in [5.41, 5.74) is 1.81. The first-order chi connectivity index (χ1) is 9.47. The summed E-state index contributed by atoms with van der Waals surface area (Å²) in [6, 6.07) is 8.80. The number of nitrogens with one attached hydrogen (secondary N) is 1. The molecule has 1 amide bonds. The van der Waals surface area contributed by atoms with Gasteiger partial charge in [0.2, 0.25) is 0 Å². The van der Waals surface area contributed by atoms with Crippen LogP contribution in [0.15, 0.2) is 30.3 Å². The minimum absolute atomic E-state index is 0.00987. The molecule has 1 aromatic heterocycles. The van der Waals surface area contributed by atoms with Gasteiger partial charge in [0.15, 0.2) is 10.3 Å². The summed E-state index contributed by atoms with van der Waals surface area (Å²) in [7, 11) is 3.84. The molecule has 0 radical (unpaired) electrons. The zero-order valence-electron chi connectivity index (χ0n) is 10.9. The standard InChI is InChI=1S/C13H12Cl2N4O/c1-19(2)9-5-3-4-8(6-9)16-13(20)10-7-11(14)17-18-12(10)15/h3-7H,1-2H3,(H,16,20). The maximum atomic E-state index is 12.1. The maximum Gasteiger partial charge on any atom is 0.258 e. The minimum Gasteiger partial charge on any atom is -0.378 e. The second-order valence-electron chi connectivity index (χ2n) is 4.27. The number of anilines is 2. The van der Waals surface area contributed by atoms with Gasteiger partial charge < -0.3 is 10.2 Å². The van der Waals surface area contributed by atoms with Gasteiger partial charge in [0.25, 0.3) is 5.91 Å². The molecule has 0 aliphatic heterocycles. The Morgan fingerprint density at radius 3 is 2.65 bits per heavy atom. The van der Waals surface area contributed by atoms with Crippen LogP contribution >= 0.6 is 23.2 Å². The summed E-state index contributed by atoms with van der Waals surface area (Å²) in [5, 5.41) is 10.0. The number of benzene rings is 1. The van der Waals surface area contributed by atoms with E-state index in [-0.39, 0.29) is 21.8 Å². The summed E-state index contributed by atoms with van der Waals surface area (Å²) in [6.07, 6.45) is 0. The molecule has 20 heavy (non-hydrogen) atoms. The minimum atomic E-state index is -0.386. The molecule has 0 aliphatic rings. The Balaban J connectivity index is 2.23. The SMILES string of the molecule is CN(C)c1cccc(NC(=O)c2cc(Cl)nnc2Cl)c1. The molecule has 1 aromatic carbocycles. The van der Waals surface area contributed by atoms with Crippen molar-refractivity contribution in [2.45, 2.75) is 0 Å². The molecule has 0 saturated carbocycles. The average Bonchev–Trinajstić information content (AvgIpc) is 2.41. The Morgan fingerprint density at radius 2 is 1.95 bits per heavy atom. The van der Waals surface area contributed by atoms with Gasteiger partial charge in [-0.3, -0.25) is 4.79 Å². The van der Waals surface area contributed by atoms with E-state index in [0.717, 1.165) is 5.69 Å². The molecule has 0 atom stereocenters. The van der Waals surface area contributed by atoms with Gasteiger partial charge in [0.1, 0.15) is 0 Å². The Morgan fingerprint density at radius 1 is 1.20 bits per heavy atom. The van der Waals surface area contributed by atoms with Crippen molar-refractivity contribution in [1.29, 1.82) is 0 Å². The van der Waals surface area contributed by atoms with Gasteiger partial charge in [0, 0.05) is 25.5 Å². The highest BCUT2D eigenvalue weighted by atomic mass is 35.5. The van der Waals surface area contributed by atoms with Gasteiger partial charge >= 0.3 is 0 Å². The van der Waals surface area contributed by atoms with Gasteiger partial charge in [-0.15, -0.1) is 10.2 Å². The van der Waals surface area contributed by atoms with Crippen LogP contribution in [-0.4, -0.2) is 30.2 Å². The molecule has 0 aliphatic carbocycles. The van der Waals surface area contributed by atoms with E-state index >= 15 is 0 Å². The maximum absolute atomic E-state index is 12.1. The molecule has 1 N–H and O–H groups in total. The normalized spacial score (nSPS) is 10.2. The van der Waals surface area contributed by atoms with Gasteiger partial charge in [-0.2, -0.15) is 0 Å². The molecule has 0 saturated heterocycles. The van der Waals surface area contributed by atoms with E-state index in [0.29, 0.717) is 5.69 Å². The van der Waals surface area contributed by atoms with Crippen molar-refractivity contribution in [3.8, 4) is 0 Å². The summed E-state index contributed by atoms with van der Waals surface area (Å²) < 4.78 is 0. The average molecular weight is 311 g/mol. The van der Waals surface area contributed by atoms with Crippen molar-refractivity contribution < 1.29 is 4.79 Å². The van der Waals surface area contributed by atoms with Crippen LogP contribution in [0.3, 0.4) is 0 Å². The molecule has 2 aromatic rings. The third-order valence-electron chi connectivity index (χ3n) is 2.58. The zero-order chi connectivity index (χ0) is 14.7. The van der Waals surface area contributed by atoms with Crippen molar-refractivity contribution in [2.24, 2.45) is 0 Å².